The lowest BCUT2D eigenvalue weighted by Crippen LogP contribution is -2.37. The number of carbonyl (C=O) groups is 1. The summed E-state index contributed by atoms with van der Waals surface area (Å²) in [4.78, 5) is 17.9. The number of benzene rings is 2. The van der Waals surface area contributed by atoms with Crippen molar-refractivity contribution in [3.63, 3.8) is 0 Å². The van der Waals surface area contributed by atoms with Crippen molar-refractivity contribution >= 4 is 23.1 Å². The van der Waals surface area contributed by atoms with E-state index < -0.39 is 11.6 Å². The molecule has 0 unspecified atom stereocenters. The number of carboxylic acids is 1. The SMILES string of the molecule is CC#CCN(CCCc1cccc(OC(C)(C)C(=O)O)c1)c1nc2ccccc2o1. The van der Waals surface area contributed by atoms with Crippen molar-refractivity contribution in [2.45, 2.75) is 39.2 Å². The Morgan fingerprint density at radius 3 is 2.77 bits per heavy atom. The standard InChI is InChI=1S/C24H26N2O4/c1-4-5-15-26(23-25-20-13-6-7-14-21(20)29-23)16-9-11-18-10-8-12-19(17-18)30-24(2,3)22(27)28/h6-8,10,12-14,17H,9,11,15-16H2,1-3H3,(H,27,28). The summed E-state index contributed by atoms with van der Waals surface area (Å²) in [6.45, 7) is 6.16. The molecule has 0 bridgehead atoms. The van der Waals surface area contributed by atoms with E-state index in [0.717, 1.165) is 36.0 Å². The molecule has 3 aromatic rings. The molecule has 6 heteroatoms. The number of fused-ring (bicyclic) bond motifs is 1. The van der Waals surface area contributed by atoms with Crippen molar-refractivity contribution in [2.75, 3.05) is 18.0 Å². The third kappa shape index (κ3) is 5.32. The Kier molecular flexibility index (Phi) is 6.63. The second-order valence-corrected chi connectivity index (χ2v) is 7.48. The molecule has 1 aromatic heterocycles. The molecule has 30 heavy (non-hydrogen) atoms. The van der Waals surface area contributed by atoms with Crippen molar-refractivity contribution in [3.8, 4) is 17.6 Å². The van der Waals surface area contributed by atoms with Gasteiger partial charge in [0, 0.05) is 6.54 Å². The van der Waals surface area contributed by atoms with Crippen LogP contribution in [0.3, 0.4) is 0 Å². The summed E-state index contributed by atoms with van der Waals surface area (Å²) in [6, 6.07) is 15.8. The molecule has 2 aromatic carbocycles. The van der Waals surface area contributed by atoms with Gasteiger partial charge in [-0.1, -0.05) is 30.2 Å². The summed E-state index contributed by atoms with van der Waals surface area (Å²) in [5.41, 5.74) is 1.38. The third-order valence-corrected chi connectivity index (χ3v) is 4.68. The Hall–Kier alpha value is -3.46. The largest absolute Gasteiger partial charge is 0.478 e. The lowest BCUT2D eigenvalue weighted by Gasteiger charge is -2.22. The molecule has 0 aliphatic carbocycles. The number of aliphatic carboxylic acids is 1. The summed E-state index contributed by atoms with van der Waals surface area (Å²) >= 11 is 0. The van der Waals surface area contributed by atoms with E-state index in [1.54, 1.807) is 6.07 Å². The number of carboxylic acid groups (broad SMARTS) is 1. The van der Waals surface area contributed by atoms with Gasteiger partial charge in [-0.3, -0.25) is 0 Å². The van der Waals surface area contributed by atoms with Crippen molar-refractivity contribution in [2.24, 2.45) is 0 Å². The van der Waals surface area contributed by atoms with E-state index in [0.29, 0.717) is 18.3 Å². The monoisotopic (exact) mass is 406 g/mol. The first-order valence-corrected chi connectivity index (χ1v) is 9.90. The maximum Gasteiger partial charge on any atom is 0.347 e. The molecule has 0 saturated carbocycles. The highest BCUT2D eigenvalue weighted by Crippen LogP contribution is 2.23. The Morgan fingerprint density at radius 2 is 2.03 bits per heavy atom. The molecule has 6 nitrogen and oxygen atoms in total. The lowest BCUT2D eigenvalue weighted by molar-refractivity contribution is -0.152. The van der Waals surface area contributed by atoms with E-state index in [1.807, 2.05) is 54.3 Å². The first kappa shape index (κ1) is 21.3. The maximum atomic E-state index is 11.3. The van der Waals surface area contributed by atoms with Crippen molar-refractivity contribution in [1.29, 1.82) is 0 Å². The van der Waals surface area contributed by atoms with Gasteiger partial charge in [0.2, 0.25) is 0 Å². The minimum Gasteiger partial charge on any atom is -0.478 e. The fourth-order valence-corrected chi connectivity index (χ4v) is 2.99. The minimum absolute atomic E-state index is 0.541. The Labute approximate surface area is 176 Å². The van der Waals surface area contributed by atoms with Gasteiger partial charge in [-0.2, -0.15) is 4.98 Å². The topological polar surface area (TPSA) is 75.8 Å². The van der Waals surface area contributed by atoms with Crippen LogP contribution in [0.4, 0.5) is 6.01 Å². The average Bonchev–Trinajstić information content (AvgIpc) is 3.14. The number of rotatable bonds is 9. The van der Waals surface area contributed by atoms with Gasteiger partial charge in [0.25, 0.3) is 6.01 Å². The number of oxazole rings is 1. The molecule has 1 heterocycles. The molecule has 0 aliphatic rings. The van der Waals surface area contributed by atoms with Gasteiger partial charge in [-0.25, -0.2) is 4.79 Å². The van der Waals surface area contributed by atoms with Gasteiger partial charge < -0.3 is 19.2 Å². The van der Waals surface area contributed by atoms with E-state index in [9.17, 15) is 9.90 Å². The van der Waals surface area contributed by atoms with Gasteiger partial charge in [0.05, 0.1) is 6.54 Å². The van der Waals surface area contributed by atoms with Crippen LogP contribution in [0.15, 0.2) is 52.9 Å². The number of hydrogen-bond donors (Lipinski definition) is 1. The molecule has 0 atom stereocenters. The van der Waals surface area contributed by atoms with Crippen LogP contribution in [0.25, 0.3) is 11.1 Å². The van der Waals surface area contributed by atoms with Crippen molar-refractivity contribution in [1.82, 2.24) is 4.98 Å². The van der Waals surface area contributed by atoms with Crippen LogP contribution in [0.2, 0.25) is 0 Å². The average molecular weight is 406 g/mol. The first-order chi connectivity index (χ1) is 14.4. The van der Waals surface area contributed by atoms with Crippen LogP contribution in [0.5, 0.6) is 5.75 Å². The lowest BCUT2D eigenvalue weighted by atomic mass is 10.1. The Morgan fingerprint density at radius 1 is 1.23 bits per heavy atom. The maximum absolute atomic E-state index is 11.3. The predicted octanol–water partition coefficient (Wildman–Crippen LogP) is 4.53. The molecule has 1 N–H and O–H groups in total. The number of hydrogen-bond acceptors (Lipinski definition) is 5. The smallest absolute Gasteiger partial charge is 0.347 e. The van der Waals surface area contributed by atoms with Crippen LogP contribution >= 0.6 is 0 Å². The number of anilines is 1. The number of nitrogens with zero attached hydrogens (tertiary/aromatic N) is 2. The summed E-state index contributed by atoms with van der Waals surface area (Å²) in [7, 11) is 0. The Balaban J connectivity index is 1.65. The summed E-state index contributed by atoms with van der Waals surface area (Å²) in [6.07, 6.45) is 1.66. The zero-order chi connectivity index (χ0) is 21.6. The quantitative estimate of drug-likeness (QED) is 0.526. The predicted molar refractivity (Wildman–Crippen MR) is 117 cm³/mol. The van der Waals surface area contributed by atoms with Crippen LogP contribution < -0.4 is 9.64 Å². The second kappa shape index (κ2) is 9.36. The fraction of sp³-hybridized carbons (Fsp3) is 0.333. The number of aromatic nitrogens is 1. The highest BCUT2D eigenvalue weighted by atomic mass is 16.5. The van der Waals surface area contributed by atoms with Gasteiger partial charge in [0.15, 0.2) is 11.2 Å². The van der Waals surface area contributed by atoms with Gasteiger partial charge >= 0.3 is 5.97 Å². The van der Waals surface area contributed by atoms with Gasteiger partial charge in [-0.05, 0) is 63.4 Å². The zero-order valence-electron chi connectivity index (χ0n) is 17.5. The summed E-state index contributed by atoms with van der Waals surface area (Å²) in [5, 5.41) is 9.25. The fourth-order valence-electron chi connectivity index (χ4n) is 2.99. The molecular formula is C24H26N2O4. The molecule has 0 radical (unpaired) electrons. The van der Waals surface area contributed by atoms with E-state index in [-0.39, 0.29) is 0 Å². The first-order valence-electron chi connectivity index (χ1n) is 9.90. The molecular weight excluding hydrogens is 380 g/mol. The molecule has 0 spiro atoms. The highest BCUT2D eigenvalue weighted by Gasteiger charge is 2.29. The van der Waals surface area contributed by atoms with Crippen LogP contribution in [-0.4, -0.2) is 34.8 Å². The summed E-state index contributed by atoms with van der Waals surface area (Å²) in [5.74, 6) is 5.56. The molecule has 0 amide bonds. The van der Waals surface area contributed by atoms with Crippen molar-refractivity contribution < 1.29 is 19.1 Å². The summed E-state index contributed by atoms with van der Waals surface area (Å²) < 4.78 is 11.5. The second-order valence-electron chi connectivity index (χ2n) is 7.48. The van der Waals surface area contributed by atoms with E-state index in [1.165, 1.54) is 13.8 Å². The van der Waals surface area contributed by atoms with Crippen LogP contribution in [-0.2, 0) is 11.2 Å². The molecule has 0 fully saturated rings. The molecule has 0 aliphatic heterocycles. The zero-order valence-corrected chi connectivity index (χ0v) is 17.5. The van der Waals surface area contributed by atoms with Gasteiger partial charge in [-0.15, -0.1) is 5.92 Å². The van der Waals surface area contributed by atoms with Crippen LogP contribution in [0, 0.1) is 11.8 Å². The number of ether oxygens (including phenoxy) is 1. The third-order valence-electron chi connectivity index (χ3n) is 4.68. The number of para-hydroxylation sites is 2. The van der Waals surface area contributed by atoms with Gasteiger partial charge in [0.1, 0.15) is 11.3 Å². The normalized spacial score (nSPS) is 11.0. The van der Waals surface area contributed by atoms with E-state index in [2.05, 4.69) is 16.8 Å². The minimum atomic E-state index is -1.28. The Bertz CT molecular complexity index is 1040. The van der Waals surface area contributed by atoms with E-state index in [4.69, 9.17) is 9.15 Å². The molecule has 156 valence electrons. The molecule has 0 saturated heterocycles. The molecule has 3 rings (SSSR count). The van der Waals surface area contributed by atoms with Crippen LogP contribution in [0.1, 0.15) is 32.8 Å². The van der Waals surface area contributed by atoms with E-state index >= 15 is 0 Å². The highest BCUT2D eigenvalue weighted by molar-refractivity contribution is 5.76. The van der Waals surface area contributed by atoms with Crippen molar-refractivity contribution in [3.05, 3.63) is 54.1 Å². The number of aryl methyl sites for hydroxylation is 1.